The molecule has 0 aromatic heterocycles. The molecule has 9 rings (SSSR count). The zero-order valence-corrected chi connectivity index (χ0v) is 72.6. The molecule has 0 amide bonds. The summed E-state index contributed by atoms with van der Waals surface area (Å²) in [4.78, 5) is 82.3. The molecule has 594 valence electrons. The lowest BCUT2D eigenvalue weighted by molar-refractivity contribution is -0.143. The number of esters is 5. The summed E-state index contributed by atoms with van der Waals surface area (Å²) < 4.78 is 129. The van der Waals surface area contributed by atoms with E-state index in [1.54, 1.807) is 78.9 Å². The highest BCUT2D eigenvalue weighted by atomic mass is 32.9. The fourth-order valence-corrected chi connectivity index (χ4v) is 54.1. The van der Waals surface area contributed by atoms with Gasteiger partial charge in [0.05, 0.1) is 90.1 Å². The molecular weight excluding hydrogens is 1600 g/mol. The maximum atomic E-state index is 12.4. The molecule has 106 heavy (non-hydrogen) atoms. The van der Waals surface area contributed by atoms with E-state index in [1.165, 1.54) is 0 Å². The van der Waals surface area contributed by atoms with Gasteiger partial charge < -0.3 is 59.4 Å². The van der Waals surface area contributed by atoms with E-state index in [4.69, 9.17) is 45.4 Å². The molecule has 0 bridgehead atoms. The molecule has 19 nitrogen and oxygen atoms in total. The molecule has 2 aromatic carbocycles. The number of carboxylic acid groups (broad SMARTS) is 1. The number of carbonyl (C=O) groups is 7. The Hall–Kier alpha value is -0.760. The van der Waals surface area contributed by atoms with Crippen LogP contribution in [-0.2, 0) is 47.7 Å². The Balaban J connectivity index is 0.000000267. The Kier molecular flexibility index (Phi) is 40.2. The van der Waals surface area contributed by atoms with Crippen molar-refractivity contribution in [3.05, 3.63) is 120 Å². The van der Waals surface area contributed by atoms with Crippen LogP contribution in [0, 0.1) is 47.3 Å². The number of aliphatic hydroxyl groups is 6. The zero-order valence-electron chi connectivity index (χ0n) is 73.8. The van der Waals surface area contributed by atoms with Gasteiger partial charge in [0.15, 0.2) is 5.78 Å². The number of fused-ring (bicyclic) bond motifs is 3. The van der Waals surface area contributed by atoms with Crippen LogP contribution in [-0.4, -0.2) is 161 Å². The minimum Gasteiger partial charge on any atom is -0.481 e. The Morgan fingerprint density at radius 1 is 0.500 bits per heavy atom. The van der Waals surface area contributed by atoms with Crippen molar-refractivity contribution in [3.63, 3.8) is 0 Å². The number of ether oxygens (including phenoxy) is 5. The number of aliphatic carboxylic acids is 1. The third-order valence-electron chi connectivity index (χ3n) is 19.5. The fraction of sp³-hybridized carbons (Fsp3) is 0.635. The van der Waals surface area contributed by atoms with E-state index in [0.29, 0.717) is 62.5 Å². The average Bonchev–Trinajstić information content (AvgIpc) is 1.62. The molecule has 7 aliphatic rings. The first kappa shape index (κ1) is 76.5. The number of unbranched alkanes of at least 4 members (excludes halogenated alkanes) is 8. The standard InChI is InChI=1S/C22H28O5.C22H26O5.C15H26O5.C15H24O4.H15P13/c2*1-2-3-5-10-16(23)11-12-17-18-13-21(24)26-20(18)14-19(17)27-22(25)15-8-6-4-7-9-15;1-2-3-4-5-10(16)6-7-11-12(8-15(19)20)14(18)9-13(11)17;1-2-3-4-5-10(16)6-7-11-12-8-15(18)19-14(12)9-13(11)17;1-3-5-7-9-11-13-12-10-8-6-4-2/h4,6-9,11-12,16-20,23H,2-3,5,10,13-14H2,1H3;4,6-9,11-12,17-20H,2-3,5,10,13-14H2,1H3;6-7,10-14,16-18H,2-5,8-9H2,1H3,(H,19,20);6-7,10-14,16-17H,2-5,8-9H2,1H3;3-13H,1-2H2/b2*12-11+;2*7-6+;/t16-,17?,18+,19?,20?;17?,18-,19?,20?;10-,11?,12+,13+,14-;10-,11?,12+,13+,14?;/m0100./s1/i;;;;1T,2T,3T,4T,5T,6T,7T,8T,9T,10T,11T,12T,13T. The van der Waals surface area contributed by atoms with Gasteiger partial charge >= 0.3 is 35.8 Å². The van der Waals surface area contributed by atoms with E-state index in [0.717, 1.165) is 89.9 Å². The number of rotatable bonds is 42. The molecule has 3 heterocycles. The quantitative estimate of drug-likeness (QED) is 0.00811. The van der Waals surface area contributed by atoms with Crippen molar-refractivity contribution in [1.82, 2.24) is 0 Å². The lowest BCUT2D eigenvalue weighted by Crippen LogP contribution is -2.25. The van der Waals surface area contributed by atoms with E-state index < -0.39 is 159 Å². The largest absolute Gasteiger partial charge is 0.481 e. The van der Waals surface area contributed by atoms with Crippen molar-refractivity contribution in [2.24, 2.45) is 47.3 Å². The molecule has 21 unspecified atom stereocenters. The van der Waals surface area contributed by atoms with Gasteiger partial charge in [0.2, 0.25) is 0 Å². The molecule has 0 radical (unpaired) electrons. The smallest absolute Gasteiger partial charge is 0.338 e. The summed E-state index contributed by atoms with van der Waals surface area (Å²) >= 11 is 0. The van der Waals surface area contributed by atoms with Crippen molar-refractivity contribution in [2.75, 3.05) is 0 Å². The number of hydrogen-bond acceptors (Lipinski definition) is 18. The van der Waals surface area contributed by atoms with E-state index in [1.807, 2.05) is 30.4 Å². The SMILES string of the molecule is CCCCCC(=O)/C=C/C1C(OC(=O)c2ccccc2)CC2OC(=O)C[C@@H]21.CCCCC[C@H](O)/C=C/C1C(OC(=O)c2ccccc2)CC2OC(=O)C[C@@H]21.CCCCC[C@H](O)/C=C/C1[C@H](O)C[C@H](O)[C@@H]1CC(=O)O.CCCCC[C@H](O)/C=C/C1[C@H]2CC(=O)OC2C[C@H]1O.[3H]PP([3H])P([3H])P([3H])P([3H])P([3H])P([3H])P([3H])P([3H])P([3H])P([3H])P([3H])P[3H]. The van der Waals surface area contributed by atoms with Crippen LogP contribution < -0.4 is 0 Å². The van der Waals surface area contributed by atoms with E-state index in [-0.39, 0.29) is 114 Å². The Labute approximate surface area is 669 Å². The second-order valence-corrected chi connectivity index (χ2v) is 53.3. The predicted molar refractivity (Wildman–Crippen MR) is 458 cm³/mol. The van der Waals surface area contributed by atoms with Gasteiger partial charge in [-0.25, -0.2) is 9.59 Å². The van der Waals surface area contributed by atoms with Gasteiger partial charge in [-0.2, -0.15) is 0 Å². The molecule has 4 saturated carbocycles. The summed E-state index contributed by atoms with van der Waals surface area (Å²) in [6.45, 7) is 8.45. The molecule has 31 atom stereocenters. The zero-order chi connectivity index (χ0) is 88.2. The van der Waals surface area contributed by atoms with Gasteiger partial charge in [-0.05, 0) is 56.0 Å². The first-order valence-electron chi connectivity index (χ1n) is 42.8. The molecule has 7 fully saturated rings. The summed E-state index contributed by atoms with van der Waals surface area (Å²) in [5, 5.41) is 68.4. The number of carbonyl (C=O) groups excluding carboxylic acids is 6. The van der Waals surface area contributed by atoms with Crippen molar-refractivity contribution < 1.29 is 93.0 Å². The Morgan fingerprint density at radius 3 is 1.28 bits per heavy atom. The Morgan fingerprint density at radius 2 is 0.868 bits per heavy atom. The molecule has 2 aromatic rings. The number of carboxylic acids is 1. The van der Waals surface area contributed by atoms with Gasteiger partial charge in [0.25, 0.3) is 0 Å². The second kappa shape index (κ2) is 55.7. The van der Waals surface area contributed by atoms with E-state index in [2.05, 4.69) is 27.7 Å². The van der Waals surface area contributed by atoms with Crippen LogP contribution >= 0.6 is 105 Å². The highest BCUT2D eigenvalue weighted by Crippen LogP contribution is 2.82. The molecule has 4 aliphatic carbocycles. The van der Waals surface area contributed by atoms with Crippen molar-refractivity contribution in [3.8, 4) is 0 Å². The number of benzene rings is 2. The first-order chi connectivity index (χ1) is 56.6. The molecule has 3 saturated heterocycles. The fourth-order valence-electron chi connectivity index (χ4n) is 14.1. The maximum Gasteiger partial charge on any atom is 0.338 e. The van der Waals surface area contributed by atoms with Gasteiger partial charge in [0, 0.05) is 79.4 Å². The third-order valence-corrected chi connectivity index (χ3v) is 52.2. The lowest BCUT2D eigenvalue weighted by Gasteiger charge is -2.20. The summed E-state index contributed by atoms with van der Waals surface area (Å²) in [5.41, 5.74) is 0.999. The highest BCUT2D eigenvalue weighted by Gasteiger charge is 2.53. The molecule has 0 spiro atoms. The highest BCUT2D eigenvalue weighted by molar-refractivity contribution is 8.88. The third kappa shape index (κ3) is 36.0. The molecule has 32 heteroatoms. The van der Waals surface area contributed by atoms with Gasteiger partial charge in [-0.1, -0.05) is 264 Å². The van der Waals surface area contributed by atoms with Crippen molar-refractivity contribution in [1.29, 1.82) is 16.6 Å². The summed E-state index contributed by atoms with van der Waals surface area (Å²) in [7, 11) is -22.4. The summed E-state index contributed by atoms with van der Waals surface area (Å²) in [6.07, 6.45) is 27.0. The summed E-state index contributed by atoms with van der Waals surface area (Å²) in [6, 6.07) is 17.7. The average molecular weight is 1740 g/mol. The van der Waals surface area contributed by atoms with Gasteiger partial charge in [-0.15, -0.1) is 17.7 Å². The lowest BCUT2D eigenvalue weighted by atomic mass is 9.90. The predicted octanol–water partition coefficient (Wildman–Crippen LogP) is 17.8. The molecular formula is C74H119O19P13. The normalized spacial score (nSPS) is 32.9. The number of ketones is 1. The van der Waals surface area contributed by atoms with Crippen LogP contribution in [0.5, 0.6) is 0 Å². The minimum absolute atomic E-state index is 0.00478. The van der Waals surface area contributed by atoms with Gasteiger partial charge in [0.1, 0.15) is 30.5 Å². The van der Waals surface area contributed by atoms with Gasteiger partial charge in [-0.3, -0.25) is 24.0 Å². The number of aliphatic hydroxyl groups excluding tert-OH is 6. The maximum absolute atomic E-state index is 12.4. The topological polar surface area (TPSA) is 307 Å². The van der Waals surface area contributed by atoms with Crippen LogP contribution in [0.25, 0.3) is 0 Å². The van der Waals surface area contributed by atoms with E-state index in [9.17, 15) is 64.2 Å². The van der Waals surface area contributed by atoms with Crippen LogP contribution in [0.15, 0.2) is 109 Å². The van der Waals surface area contributed by atoms with Crippen LogP contribution in [0.2, 0.25) is 0 Å². The van der Waals surface area contributed by atoms with E-state index >= 15 is 0 Å². The monoisotopic (exact) mass is 1740 g/mol. The number of allylic oxidation sites excluding steroid dienone is 1. The second-order valence-electron chi connectivity index (χ2n) is 27.2. The first-order valence-corrected chi connectivity index (χ1v) is 56.4. The summed E-state index contributed by atoms with van der Waals surface area (Å²) in [5.74, 6) is -3.42. The Bertz CT molecular complexity index is 3480. The van der Waals surface area contributed by atoms with Crippen LogP contribution in [0.1, 0.15) is 203 Å². The van der Waals surface area contributed by atoms with Crippen LogP contribution in [0.4, 0.5) is 0 Å². The van der Waals surface area contributed by atoms with Crippen molar-refractivity contribution >= 4 is 146 Å². The molecule has 7 N–H and O–H groups in total. The minimum atomic E-state index is -2.10. The number of hydrogen-bond donors (Lipinski definition) is 7. The molecule has 3 aliphatic heterocycles. The van der Waals surface area contributed by atoms with Crippen molar-refractivity contribution in [2.45, 2.75) is 249 Å². The van der Waals surface area contributed by atoms with Crippen LogP contribution in [0.3, 0.4) is 0 Å².